The SMILES string of the molecule is CCCCCC(C(=O)NCNC(=O)c1ccc(-c2cc(OCC)cc(P(O)O)c2)o1)C(CC)N(C=O)OC(=O)c1ccc(CN2CCOCC2)cc1. The Morgan fingerprint density at radius 1 is 1.00 bits per heavy atom. The molecule has 3 aromatic rings. The van der Waals surface area contributed by atoms with Crippen LogP contribution in [0.25, 0.3) is 11.3 Å². The Hall–Kier alpha value is -4.33. The van der Waals surface area contributed by atoms with Crippen LogP contribution in [0.4, 0.5) is 0 Å². The summed E-state index contributed by atoms with van der Waals surface area (Å²) in [4.78, 5) is 79.2. The third kappa shape index (κ3) is 11.6. The fraction of sp³-hybridized carbons (Fsp3) is 0.459. The molecule has 14 nitrogen and oxygen atoms in total. The Balaban J connectivity index is 1.37. The first-order valence-electron chi connectivity index (χ1n) is 17.6. The second kappa shape index (κ2) is 20.6. The van der Waals surface area contributed by atoms with E-state index in [1.807, 2.05) is 19.1 Å². The van der Waals surface area contributed by atoms with Gasteiger partial charge in [-0.3, -0.25) is 19.3 Å². The van der Waals surface area contributed by atoms with E-state index < -0.39 is 38.1 Å². The molecule has 3 amide bonds. The van der Waals surface area contributed by atoms with Gasteiger partial charge >= 0.3 is 5.97 Å². The zero-order valence-corrected chi connectivity index (χ0v) is 30.8. The maximum absolute atomic E-state index is 13.6. The van der Waals surface area contributed by atoms with Gasteiger partial charge in [0.05, 0.1) is 44.0 Å². The Kier molecular flexibility index (Phi) is 16.1. The number of rotatable bonds is 20. The number of morpholine rings is 1. The largest absolute Gasteiger partial charge is 0.494 e. The minimum absolute atomic E-state index is 0.0260. The Morgan fingerprint density at radius 2 is 1.75 bits per heavy atom. The van der Waals surface area contributed by atoms with Gasteiger partial charge in [-0.1, -0.05) is 45.2 Å². The van der Waals surface area contributed by atoms with E-state index in [-0.39, 0.29) is 23.3 Å². The molecule has 2 atom stereocenters. The lowest BCUT2D eigenvalue weighted by Gasteiger charge is -2.31. The molecule has 52 heavy (non-hydrogen) atoms. The van der Waals surface area contributed by atoms with E-state index >= 15 is 0 Å². The molecule has 0 bridgehead atoms. The van der Waals surface area contributed by atoms with Crippen LogP contribution in [0.1, 0.15) is 79.4 Å². The summed E-state index contributed by atoms with van der Waals surface area (Å²) in [5.41, 5.74) is 1.80. The third-order valence-corrected chi connectivity index (χ3v) is 9.44. The highest BCUT2D eigenvalue weighted by Gasteiger charge is 2.33. The van der Waals surface area contributed by atoms with E-state index in [0.717, 1.165) is 43.1 Å². The van der Waals surface area contributed by atoms with Gasteiger partial charge in [0, 0.05) is 30.5 Å². The van der Waals surface area contributed by atoms with E-state index in [2.05, 4.69) is 15.5 Å². The standard InChI is InChI=1S/C37H49N4O10P/c1-4-7-8-9-31(32(5-2)41(25-42)51-37(45)27-12-10-26(11-13-27)23-40-16-18-48-19-17-40)35(43)38-24-39-36(44)34-15-14-33(50-34)28-20-29(49-6-3)22-30(21-28)52(46)47/h10-15,20-22,25,31-32,46-47H,4-9,16-19,23-24H2,1-3H3,(H,38,43)(H,39,44). The summed E-state index contributed by atoms with van der Waals surface area (Å²) in [6, 6.07) is 14.1. The van der Waals surface area contributed by atoms with E-state index in [9.17, 15) is 29.0 Å². The Bertz CT molecular complexity index is 1610. The van der Waals surface area contributed by atoms with Crippen molar-refractivity contribution in [2.45, 2.75) is 65.5 Å². The summed E-state index contributed by atoms with van der Waals surface area (Å²) < 4.78 is 16.7. The second-order valence-corrected chi connectivity index (χ2v) is 13.4. The van der Waals surface area contributed by atoms with Crippen molar-refractivity contribution in [1.29, 1.82) is 0 Å². The van der Waals surface area contributed by atoms with Gasteiger partial charge in [0.1, 0.15) is 11.5 Å². The summed E-state index contributed by atoms with van der Waals surface area (Å²) in [7, 11) is -2.38. The average molecular weight is 741 g/mol. The molecular formula is C37H49N4O10P. The molecule has 1 aromatic heterocycles. The van der Waals surface area contributed by atoms with Crippen LogP contribution in [0.15, 0.2) is 59.0 Å². The van der Waals surface area contributed by atoms with Gasteiger partial charge in [0.15, 0.2) is 14.1 Å². The number of unbranched alkanes of at least 4 members (excludes halogenated alkanes) is 2. The number of amides is 3. The summed E-state index contributed by atoms with van der Waals surface area (Å²) in [6.07, 6.45) is 3.67. The third-order valence-electron chi connectivity index (χ3n) is 8.72. The second-order valence-electron chi connectivity index (χ2n) is 12.3. The highest BCUT2D eigenvalue weighted by atomic mass is 31.2. The minimum atomic E-state index is -2.38. The predicted octanol–water partition coefficient (Wildman–Crippen LogP) is 4.11. The van der Waals surface area contributed by atoms with E-state index in [4.69, 9.17) is 18.7 Å². The maximum atomic E-state index is 13.6. The van der Waals surface area contributed by atoms with E-state index in [1.54, 1.807) is 44.2 Å². The summed E-state index contributed by atoms with van der Waals surface area (Å²) in [5.74, 6) is -1.74. The molecule has 1 fully saturated rings. The first-order valence-corrected chi connectivity index (χ1v) is 18.9. The van der Waals surface area contributed by atoms with E-state index in [0.29, 0.717) is 62.6 Å². The zero-order valence-electron chi connectivity index (χ0n) is 29.9. The molecule has 0 radical (unpaired) electrons. The fourth-order valence-electron chi connectivity index (χ4n) is 5.97. The molecule has 2 unspecified atom stereocenters. The molecule has 1 aliphatic heterocycles. The number of carbonyl (C=O) groups is 4. The summed E-state index contributed by atoms with van der Waals surface area (Å²) >= 11 is 0. The van der Waals surface area contributed by atoms with Crippen LogP contribution in [-0.4, -0.2) is 89.6 Å². The first kappa shape index (κ1) is 40.4. The lowest BCUT2D eigenvalue weighted by atomic mass is 9.90. The van der Waals surface area contributed by atoms with Crippen LogP contribution in [0.5, 0.6) is 5.75 Å². The van der Waals surface area contributed by atoms with Crippen molar-refractivity contribution in [2.24, 2.45) is 5.92 Å². The molecular weight excluding hydrogens is 691 g/mol. The Labute approximate surface area is 305 Å². The molecule has 0 spiro atoms. The van der Waals surface area contributed by atoms with Crippen LogP contribution < -0.4 is 20.7 Å². The highest BCUT2D eigenvalue weighted by Crippen LogP contribution is 2.31. The van der Waals surface area contributed by atoms with E-state index in [1.165, 1.54) is 12.1 Å². The van der Waals surface area contributed by atoms with Crippen molar-refractivity contribution in [3.8, 4) is 17.1 Å². The molecule has 15 heteroatoms. The lowest BCUT2D eigenvalue weighted by Crippen LogP contribution is -2.49. The quantitative estimate of drug-likeness (QED) is 0.0431. The smallest absolute Gasteiger partial charge is 0.363 e. The van der Waals surface area contributed by atoms with Crippen molar-refractivity contribution in [3.63, 3.8) is 0 Å². The molecule has 0 saturated carbocycles. The van der Waals surface area contributed by atoms with Gasteiger partial charge in [0.2, 0.25) is 12.3 Å². The van der Waals surface area contributed by atoms with Crippen molar-refractivity contribution in [2.75, 3.05) is 39.6 Å². The van der Waals surface area contributed by atoms with Crippen LogP contribution in [-0.2, 0) is 25.7 Å². The molecule has 4 N–H and O–H groups in total. The summed E-state index contributed by atoms with van der Waals surface area (Å²) in [6.45, 7) is 9.59. The fourth-order valence-corrected chi connectivity index (χ4v) is 6.47. The normalized spacial score (nSPS) is 14.3. The number of hydroxylamine groups is 2. The molecule has 282 valence electrons. The van der Waals surface area contributed by atoms with Crippen molar-refractivity contribution >= 4 is 37.9 Å². The lowest BCUT2D eigenvalue weighted by molar-refractivity contribution is -0.171. The average Bonchev–Trinajstić information content (AvgIpc) is 3.65. The predicted molar refractivity (Wildman–Crippen MR) is 194 cm³/mol. The number of hydrogen-bond acceptors (Lipinski definition) is 11. The van der Waals surface area contributed by atoms with Crippen molar-refractivity contribution in [3.05, 3.63) is 71.5 Å². The van der Waals surface area contributed by atoms with Crippen LogP contribution in [0.2, 0.25) is 0 Å². The molecule has 1 aliphatic rings. The molecule has 1 saturated heterocycles. The van der Waals surface area contributed by atoms with Gasteiger partial charge < -0.3 is 39.1 Å². The van der Waals surface area contributed by atoms with Gasteiger partial charge in [-0.2, -0.15) is 5.06 Å². The van der Waals surface area contributed by atoms with Crippen LogP contribution >= 0.6 is 8.38 Å². The monoisotopic (exact) mass is 740 g/mol. The summed E-state index contributed by atoms with van der Waals surface area (Å²) in [5, 5.41) is 6.53. The van der Waals surface area contributed by atoms with Gasteiger partial charge in [0.25, 0.3) is 5.91 Å². The molecule has 2 heterocycles. The molecule has 2 aromatic carbocycles. The van der Waals surface area contributed by atoms with Gasteiger partial charge in [-0.15, -0.1) is 0 Å². The number of ether oxygens (including phenoxy) is 2. The number of hydrogen-bond donors (Lipinski definition) is 4. The van der Waals surface area contributed by atoms with Gasteiger partial charge in [-0.05, 0) is 67.8 Å². The van der Waals surface area contributed by atoms with Gasteiger partial charge in [-0.25, -0.2) is 4.79 Å². The molecule has 4 rings (SSSR count). The number of nitrogens with one attached hydrogen (secondary N) is 2. The first-order chi connectivity index (χ1) is 25.2. The zero-order chi connectivity index (χ0) is 37.5. The maximum Gasteiger partial charge on any atom is 0.363 e. The topological polar surface area (TPSA) is 180 Å². The van der Waals surface area contributed by atoms with Crippen molar-refractivity contribution < 1.29 is 47.7 Å². The van der Waals surface area contributed by atoms with Crippen LogP contribution in [0, 0.1) is 5.92 Å². The number of nitrogens with zero attached hydrogens (tertiary/aromatic N) is 2. The molecule has 0 aliphatic carbocycles. The minimum Gasteiger partial charge on any atom is -0.494 e. The highest BCUT2D eigenvalue weighted by molar-refractivity contribution is 7.54. The Morgan fingerprint density at radius 3 is 2.40 bits per heavy atom. The van der Waals surface area contributed by atoms with Crippen LogP contribution in [0.3, 0.4) is 0 Å². The number of furan rings is 1. The van der Waals surface area contributed by atoms with Crippen molar-refractivity contribution in [1.82, 2.24) is 20.6 Å². The number of carbonyl (C=O) groups excluding carboxylic acids is 4. The number of benzene rings is 2.